The van der Waals surface area contributed by atoms with Crippen molar-refractivity contribution in [2.45, 2.75) is 31.8 Å². The van der Waals surface area contributed by atoms with Gasteiger partial charge in [0.2, 0.25) is 5.91 Å². The Morgan fingerprint density at radius 2 is 2.26 bits per heavy atom. The fourth-order valence-corrected chi connectivity index (χ4v) is 3.07. The van der Waals surface area contributed by atoms with Crippen LogP contribution in [0.3, 0.4) is 0 Å². The lowest BCUT2D eigenvalue weighted by Crippen LogP contribution is -2.32. The highest BCUT2D eigenvalue weighted by Gasteiger charge is 2.41. The summed E-state index contributed by atoms with van der Waals surface area (Å²) in [7, 11) is 0. The second kappa shape index (κ2) is 5.13. The van der Waals surface area contributed by atoms with Crippen LogP contribution in [0.15, 0.2) is 12.4 Å². The van der Waals surface area contributed by atoms with Crippen LogP contribution in [-0.2, 0) is 11.3 Å². The van der Waals surface area contributed by atoms with Gasteiger partial charge in [0.1, 0.15) is 0 Å². The molecule has 1 aliphatic heterocycles. The zero-order chi connectivity index (χ0) is 13.4. The number of hydrogen-bond acceptors (Lipinski definition) is 3. The highest BCUT2D eigenvalue weighted by Crippen LogP contribution is 2.40. The molecule has 0 aromatic carbocycles. The fraction of sp³-hybridized carbons (Fsp3) is 0.692. The molecule has 104 valence electrons. The van der Waals surface area contributed by atoms with E-state index in [0.29, 0.717) is 30.5 Å². The van der Waals surface area contributed by atoms with Crippen molar-refractivity contribution in [2.75, 3.05) is 13.1 Å². The standard InChI is InChI=1S/C13H19ClN4O/c14-10-5-16-18(6-10)4-3-13(19)17-7-11(9-1-2-9)12(15)8-17/h5-6,9,11-12H,1-4,7-8,15H2/t11-,12+/m1/s1. The van der Waals surface area contributed by atoms with E-state index < -0.39 is 0 Å². The van der Waals surface area contributed by atoms with Crippen molar-refractivity contribution in [3.05, 3.63) is 17.4 Å². The van der Waals surface area contributed by atoms with Crippen LogP contribution < -0.4 is 5.73 Å². The van der Waals surface area contributed by atoms with Crippen LogP contribution in [0.2, 0.25) is 5.02 Å². The summed E-state index contributed by atoms with van der Waals surface area (Å²) in [5.41, 5.74) is 6.13. The van der Waals surface area contributed by atoms with Crippen molar-refractivity contribution in [3.8, 4) is 0 Å². The van der Waals surface area contributed by atoms with Crippen molar-refractivity contribution >= 4 is 17.5 Å². The zero-order valence-corrected chi connectivity index (χ0v) is 11.6. The van der Waals surface area contributed by atoms with Crippen LogP contribution >= 0.6 is 11.6 Å². The Balaban J connectivity index is 1.50. The van der Waals surface area contributed by atoms with Gasteiger partial charge < -0.3 is 10.6 Å². The third-order valence-corrected chi connectivity index (χ3v) is 4.34. The molecule has 2 fully saturated rings. The smallest absolute Gasteiger partial charge is 0.224 e. The first-order valence-corrected chi connectivity index (χ1v) is 7.22. The monoisotopic (exact) mass is 282 g/mol. The number of hydrogen-bond donors (Lipinski definition) is 1. The molecule has 1 amide bonds. The van der Waals surface area contributed by atoms with E-state index in [9.17, 15) is 4.79 Å². The van der Waals surface area contributed by atoms with E-state index in [1.807, 2.05) is 4.90 Å². The molecular formula is C13H19ClN4O. The molecule has 1 aromatic heterocycles. The van der Waals surface area contributed by atoms with Gasteiger partial charge in [0.05, 0.1) is 11.2 Å². The largest absolute Gasteiger partial charge is 0.341 e. The minimum atomic E-state index is 0.163. The molecule has 0 unspecified atom stereocenters. The van der Waals surface area contributed by atoms with Gasteiger partial charge in [-0.05, 0) is 24.7 Å². The number of halogens is 1. The highest BCUT2D eigenvalue weighted by atomic mass is 35.5. The third-order valence-electron chi connectivity index (χ3n) is 4.15. The first-order chi connectivity index (χ1) is 9.13. The molecule has 1 aliphatic carbocycles. The Morgan fingerprint density at radius 3 is 2.89 bits per heavy atom. The lowest BCUT2D eigenvalue weighted by Gasteiger charge is -2.16. The summed E-state index contributed by atoms with van der Waals surface area (Å²) in [6.07, 6.45) is 6.35. The van der Waals surface area contributed by atoms with Crippen molar-refractivity contribution in [1.29, 1.82) is 0 Å². The second-order valence-electron chi connectivity index (χ2n) is 5.64. The van der Waals surface area contributed by atoms with Gasteiger partial charge in [-0.2, -0.15) is 5.10 Å². The number of nitrogens with zero attached hydrogens (tertiary/aromatic N) is 3. The van der Waals surface area contributed by atoms with Gasteiger partial charge >= 0.3 is 0 Å². The number of aryl methyl sites for hydroxylation is 1. The zero-order valence-electron chi connectivity index (χ0n) is 10.8. The molecule has 5 nitrogen and oxygen atoms in total. The normalized spacial score (nSPS) is 26.9. The molecule has 0 bridgehead atoms. The topological polar surface area (TPSA) is 64.2 Å². The van der Waals surface area contributed by atoms with Gasteiger partial charge in [0.25, 0.3) is 0 Å². The summed E-state index contributed by atoms with van der Waals surface area (Å²) in [5.74, 6) is 1.45. The number of carbonyl (C=O) groups is 1. The first kappa shape index (κ1) is 12.9. The Labute approximate surface area is 117 Å². The predicted octanol–water partition coefficient (Wildman–Crippen LogP) is 1.12. The van der Waals surface area contributed by atoms with Gasteiger partial charge in [-0.3, -0.25) is 9.48 Å². The van der Waals surface area contributed by atoms with E-state index >= 15 is 0 Å². The highest BCUT2D eigenvalue weighted by molar-refractivity contribution is 6.30. The number of rotatable bonds is 4. The molecule has 3 rings (SSSR count). The fourth-order valence-electron chi connectivity index (χ4n) is 2.91. The molecule has 6 heteroatoms. The predicted molar refractivity (Wildman–Crippen MR) is 72.6 cm³/mol. The summed E-state index contributed by atoms with van der Waals surface area (Å²) in [5, 5.41) is 4.67. The van der Waals surface area contributed by atoms with E-state index in [4.69, 9.17) is 17.3 Å². The van der Waals surface area contributed by atoms with E-state index in [1.54, 1.807) is 17.1 Å². The maximum atomic E-state index is 12.2. The molecule has 2 aliphatic rings. The molecule has 19 heavy (non-hydrogen) atoms. The maximum absolute atomic E-state index is 12.2. The molecule has 2 heterocycles. The van der Waals surface area contributed by atoms with Crippen LogP contribution in [0.5, 0.6) is 0 Å². The van der Waals surface area contributed by atoms with Gasteiger partial charge in [-0.1, -0.05) is 11.6 Å². The molecule has 1 saturated carbocycles. The molecule has 2 N–H and O–H groups in total. The minimum Gasteiger partial charge on any atom is -0.341 e. The average Bonchev–Trinajstić information content (AvgIpc) is 3.03. The summed E-state index contributed by atoms with van der Waals surface area (Å²) in [6, 6.07) is 0.163. The summed E-state index contributed by atoms with van der Waals surface area (Å²) < 4.78 is 1.70. The quantitative estimate of drug-likeness (QED) is 0.900. The molecule has 0 radical (unpaired) electrons. The van der Waals surface area contributed by atoms with Gasteiger partial charge in [0, 0.05) is 38.3 Å². The van der Waals surface area contributed by atoms with E-state index in [2.05, 4.69) is 5.10 Å². The van der Waals surface area contributed by atoms with Crippen molar-refractivity contribution < 1.29 is 4.79 Å². The molecule has 2 atom stereocenters. The van der Waals surface area contributed by atoms with E-state index in [-0.39, 0.29) is 11.9 Å². The van der Waals surface area contributed by atoms with Gasteiger partial charge in [0.15, 0.2) is 0 Å². The Bertz CT molecular complexity index is 471. The summed E-state index contributed by atoms with van der Waals surface area (Å²) in [4.78, 5) is 14.1. The van der Waals surface area contributed by atoms with E-state index in [0.717, 1.165) is 12.5 Å². The molecule has 1 saturated heterocycles. The first-order valence-electron chi connectivity index (χ1n) is 6.85. The Hall–Kier alpha value is -1.07. The summed E-state index contributed by atoms with van der Waals surface area (Å²) >= 11 is 5.79. The molecule has 0 spiro atoms. The molecular weight excluding hydrogens is 264 g/mol. The maximum Gasteiger partial charge on any atom is 0.224 e. The van der Waals surface area contributed by atoms with Gasteiger partial charge in [-0.15, -0.1) is 0 Å². The number of nitrogens with two attached hydrogens (primary N) is 1. The lowest BCUT2D eigenvalue weighted by atomic mass is 9.99. The lowest BCUT2D eigenvalue weighted by molar-refractivity contribution is -0.130. The third kappa shape index (κ3) is 2.92. The minimum absolute atomic E-state index is 0.163. The van der Waals surface area contributed by atoms with Crippen LogP contribution in [0.1, 0.15) is 19.3 Å². The van der Waals surface area contributed by atoms with Crippen LogP contribution in [0.25, 0.3) is 0 Å². The number of carbonyl (C=O) groups excluding carboxylic acids is 1. The van der Waals surface area contributed by atoms with Crippen molar-refractivity contribution in [1.82, 2.24) is 14.7 Å². The second-order valence-corrected chi connectivity index (χ2v) is 6.07. The molecule has 1 aromatic rings. The number of amides is 1. The number of aromatic nitrogens is 2. The van der Waals surface area contributed by atoms with Crippen molar-refractivity contribution in [3.63, 3.8) is 0 Å². The Morgan fingerprint density at radius 1 is 1.47 bits per heavy atom. The van der Waals surface area contributed by atoms with E-state index in [1.165, 1.54) is 12.8 Å². The van der Waals surface area contributed by atoms with Crippen LogP contribution in [0, 0.1) is 11.8 Å². The SMILES string of the molecule is N[C@H]1CN(C(=O)CCn2cc(Cl)cn2)C[C@@H]1C1CC1. The van der Waals surface area contributed by atoms with Crippen LogP contribution in [-0.4, -0.2) is 39.7 Å². The van der Waals surface area contributed by atoms with Gasteiger partial charge in [-0.25, -0.2) is 0 Å². The Kier molecular flexibility index (Phi) is 3.50. The average molecular weight is 283 g/mol. The van der Waals surface area contributed by atoms with Crippen LogP contribution in [0.4, 0.5) is 0 Å². The number of likely N-dealkylation sites (tertiary alicyclic amines) is 1. The summed E-state index contributed by atoms with van der Waals surface area (Å²) in [6.45, 7) is 2.12. The van der Waals surface area contributed by atoms with Crippen molar-refractivity contribution in [2.24, 2.45) is 17.6 Å².